The minimum atomic E-state index is -0.486. The summed E-state index contributed by atoms with van der Waals surface area (Å²) in [6.45, 7) is 7.98. The van der Waals surface area contributed by atoms with E-state index in [2.05, 4.69) is 30.5 Å². The van der Waals surface area contributed by atoms with Crippen LogP contribution in [-0.4, -0.2) is 65.2 Å². The number of amides is 1. The largest absolute Gasteiger partial charge is 0.444 e. The Labute approximate surface area is 172 Å². The fraction of sp³-hybridized carbons (Fsp3) is 0.571. The number of guanidine groups is 1. The van der Waals surface area contributed by atoms with Crippen LogP contribution in [0.2, 0.25) is 0 Å². The van der Waals surface area contributed by atoms with E-state index in [-0.39, 0.29) is 12.1 Å². The van der Waals surface area contributed by atoms with Crippen molar-refractivity contribution in [2.24, 2.45) is 4.99 Å². The number of fused-ring (bicyclic) bond motifs is 1. The number of alkyl carbamates (subject to hydrolysis) is 1. The molecule has 0 saturated carbocycles. The van der Waals surface area contributed by atoms with Crippen molar-refractivity contribution in [3.8, 4) is 0 Å². The monoisotopic (exact) mass is 400 g/mol. The van der Waals surface area contributed by atoms with Crippen LogP contribution in [0.3, 0.4) is 0 Å². The molecule has 3 N–H and O–H groups in total. The van der Waals surface area contributed by atoms with E-state index < -0.39 is 5.60 Å². The predicted molar refractivity (Wildman–Crippen MR) is 115 cm³/mol. The van der Waals surface area contributed by atoms with E-state index in [1.807, 2.05) is 45.0 Å². The smallest absolute Gasteiger partial charge is 0.407 e. The number of para-hydroxylation sites is 2. The van der Waals surface area contributed by atoms with Crippen molar-refractivity contribution >= 4 is 23.1 Å². The molecule has 3 rings (SSSR count). The molecule has 29 heavy (non-hydrogen) atoms. The van der Waals surface area contributed by atoms with Crippen LogP contribution in [0.15, 0.2) is 29.3 Å². The van der Waals surface area contributed by atoms with Crippen LogP contribution in [0.5, 0.6) is 0 Å². The molecule has 1 atom stereocenters. The molecule has 2 heterocycles. The first kappa shape index (κ1) is 21.0. The summed E-state index contributed by atoms with van der Waals surface area (Å²) in [6.07, 6.45) is 2.34. The van der Waals surface area contributed by atoms with Crippen molar-refractivity contribution in [3.63, 3.8) is 0 Å². The molecule has 0 aliphatic carbocycles. The fourth-order valence-electron chi connectivity index (χ4n) is 3.46. The molecule has 0 spiro atoms. The Morgan fingerprint density at radius 1 is 1.38 bits per heavy atom. The molecule has 1 aliphatic heterocycles. The first-order valence-electron chi connectivity index (χ1n) is 10.2. The Bertz CT molecular complexity index is 821. The van der Waals surface area contributed by atoms with Crippen LogP contribution in [-0.2, 0) is 11.2 Å². The molecule has 0 bridgehead atoms. The third-order valence-electron chi connectivity index (χ3n) is 4.73. The van der Waals surface area contributed by atoms with Gasteiger partial charge in [0.2, 0.25) is 0 Å². The number of likely N-dealkylation sites (tertiary alicyclic amines) is 1. The van der Waals surface area contributed by atoms with E-state index in [0.29, 0.717) is 0 Å². The number of nitrogens with zero attached hydrogens (tertiary/aromatic N) is 3. The standard InChI is InChI=1S/C21H32N6O2/c1-21(2,3)29-20(28)24-15-11-13-27(14-15)19(22-4)23-12-7-10-18-25-16-8-5-6-9-17(16)26-18/h5-6,8-9,15H,7,10-14H2,1-4H3,(H,22,23)(H,24,28)(H,25,26). The second-order valence-electron chi connectivity index (χ2n) is 8.36. The van der Waals surface area contributed by atoms with Crippen molar-refractivity contribution in [2.75, 3.05) is 26.7 Å². The second-order valence-corrected chi connectivity index (χ2v) is 8.36. The third kappa shape index (κ3) is 6.10. The van der Waals surface area contributed by atoms with Crippen LogP contribution in [0.1, 0.15) is 39.4 Å². The molecular weight excluding hydrogens is 368 g/mol. The number of carbonyl (C=O) groups is 1. The number of carbonyl (C=O) groups excluding carboxylic acids is 1. The zero-order valence-electron chi connectivity index (χ0n) is 17.8. The maximum atomic E-state index is 12.0. The van der Waals surface area contributed by atoms with Crippen molar-refractivity contribution in [1.29, 1.82) is 0 Å². The van der Waals surface area contributed by atoms with Gasteiger partial charge in [-0.2, -0.15) is 0 Å². The summed E-state index contributed by atoms with van der Waals surface area (Å²) < 4.78 is 5.34. The normalized spacial score (nSPS) is 17.6. The van der Waals surface area contributed by atoms with E-state index in [1.54, 1.807) is 7.05 Å². The van der Waals surface area contributed by atoms with Gasteiger partial charge in [-0.1, -0.05) is 12.1 Å². The molecule has 1 aromatic heterocycles. The Kier molecular flexibility index (Phi) is 6.61. The first-order chi connectivity index (χ1) is 13.8. The zero-order chi connectivity index (χ0) is 20.9. The third-order valence-corrected chi connectivity index (χ3v) is 4.73. The number of hydrogen-bond acceptors (Lipinski definition) is 4. The quantitative estimate of drug-likeness (QED) is 0.407. The average Bonchev–Trinajstić information content (AvgIpc) is 3.26. The topological polar surface area (TPSA) is 94.6 Å². The number of rotatable bonds is 5. The molecule has 2 aromatic rings. The molecule has 1 amide bonds. The van der Waals surface area contributed by atoms with Gasteiger partial charge in [-0.25, -0.2) is 9.78 Å². The number of imidazole rings is 1. The van der Waals surface area contributed by atoms with Crippen LogP contribution < -0.4 is 10.6 Å². The Hall–Kier alpha value is -2.77. The van der Waals surface area contributed by atoms with Crippen LogP contribution in [0.4, 0.5) is 4.79 Å². The number of aryl methyl sites for hydroxylation is 1. The number of benzene rings is 1. The van der Waals surface area contributed by atoms with Gasteiger partial charge < -0.3 is 25.3 Å². The van der Waals surface area contributed by atoms with Gasteiger partial charge in [0, 0.05) is 33.1 Å². The number of H-pyrrole nitrogens is 1. The van der Waals surface area contributed by atoms with Crippen molar-refractivity contribution in [3.05, 3.63) is 30.1 Å². The van der Waals surface area contributed by atoms with Crippen molar-refractivity contribution in [1.82, 2.24) is 25.5 Å². The molecule has 1 aliphatic rings. The van der Waals surface area contributed by atoms with Crippen LogP contribution >= 0.6 is 0 Å². The number of ether oxygens (including phenoxy) is 1. The highest BCUT2D eigenvalue weighted by molar-refractivity contribution is 5.80. The first-order valence-corrected chi connectivity index (χ1v) is 10.2. The lowest BCUT2D eigenvalue weighted by atomic mass is 10.2. The lowest BCUT2D eigenvalue weighted by Crippen LogP contribution is -2.44. The average molecular weight is 401 g/mol. The van der Waals surface area contributed by atoms with Gasteiger partial charge in [-0.15, -0.1) is 0 Å². The molecule has 1 unspecified atom stereocenters. The lowest BCUT2D eigenvalue weighted by molar-refractivity contribution is 0.0507. The number of aromatic nitrogens is 2. The van der Waals surface area contributed by atoms with Crippen LogP contribution in [0.25, 0.3) is 11.0 Å². The number of aliphatic imine (C=N–C) groups is 1. The molecule has 8 heteroatoms. The van der Waals surface area contributed by atoms with Gasteiger partial charge in [-0.05, 0) is 45.7 Å². The number of aromatic amines is 1. The summed E-state index contributed by atoms with van der Waals surface area (Å²) in [6, 6.07) is 8.14. The molecule has 1 fully saturated rings. The summed E-state index contributed by atoms with van der Waals surface area (Å²) in [5.41, 5.74) is 1.60. The summed E-state index contributed by atoms with van der Waals surface area (Å²) in [7, 11) is 1.79. The SMILES string of the molecule is CN=C(NCCCc1nc2ccccc2[nH]1)N1CCC(NC(=O)OC(C)(C)C)C1. The summed E-state index contributed by atoms with van der Waals surface area (Å²) in [5.74, 6) is 1.87. The molecule has 158 valence electrons. The van der Waals surface area contributed by atoms with Gasteiger partial charge in [0.15, 0.2) is 5.96 Å². The maximum absolute atomic E-state index is 12.0. The van der Waals surface area contributed by atoms with E-state index in [0.717, 1.165) is 61.7 Å². The van der Waals surface area contributed by atoms with E-state index in [1.165, 1.54) is 0 Å². The molecule has 0 radical (unpaired) electrons. The van der Waals surface area contributed by atoms with Gasteiger partial charge in [-0.3, -0.25) is 4.99 Å². The van der Waals surface area contributed by atoms with E-state index in [4.69, 9.17) is 4.74 Å². The highest BCUT2D eigenvalue weighted by Gasteiger charge is 2.27. The number of hydrogen-bond donors (Lipinski definition) is 3. The van der Waals surface area contributed by atoms with Gasteiger partial charge in [0.05, 0.1) is 17.1 Å². The summed E-state index contributed by atoms with van der Waals surface area (Å²) >= 11 is 0. The maximum Gasteiger partial charge on any atom is 0.407 e. The minimum Gasteiger partial charge on any atom is -0.444 e. The van der Waals surface area contributed by atoms with E-state index in [9.17, 15) is 4.79 Å². The highest BCUT2D eigenvalue weighted by atomic mass is 16.6. The Morgan fingerprint density at radius 3 is 2.90 bits per heavy atom. The number of nitrogens with one attached hydrogen (secondary N) is 3. The van der Waals surface area contributed by atoms with Crippen molar-refractivity contribution < 1.29 is 9.53 Å². The summed E-state index contributed by atoms with van der Waals surface area (Å²) in [4.78, 5) is 26.5. The minimum absolute atomic E-state index is 0.0685. The Morgan fingerprint density at radius 2 is 2.17 bits per heavy atom. The summed E-state index contributed by atoms with van der Waals surface area (Å²) in [5, 5.41) is 6.37. The second kappa shape index (κ2) is 9.15. The van der Waals surface area contributed by atoms with Gasteiger partial charge >= 0.3 is 6.09 Å². The fourth-order valence-corrected chi connectivity index (χ4v) is 3.46. The zero-order valence-corrected chi connectivity index (χ0v) is 17.8. The Balaban J connectivity index is 1.40. The predicted octanol–water partition coefficient (Wildman–Crippen LogP) is 2.67. The molecule has 8 nitrogen and oxygen atoms in total. The van der Waals surface area contributed by atoms with Crippen LogP contribution in [0, 0.1) is 0 Å². The molecule has 1 aromatic carbocycles. The van der Waals surface area contributed by atoms with E-state index >= 15 is 0 Å². The van der Waals surface area contributed by atoms with Crippen molar-refractivity contribution in [2.45, 2.75) is 51.7 Å². The lowest BCUT2D eigenvalue weighted by Gasteiger charge is -2.23. The van der Waals surface area contributed by atoms with Gasteiger partial charge in [0.1, 0.15) is 11.4 Å². The molecule has 1 saturated heterocycles. The van der Waals surface area contributed by atoms with Gasteiger partial charge in [0.25, 0.3) is 0 Å². The molecular formula is C21H32N6O2. The highest BCUT2D eigenvalue weighted by Crippen LogP contribution is 2.13.